The van der Waals surface area contributed by atoms with Crippen LogP contribution >= 0.6 is 0 Å². The van der Waals surface area contributed by atoms with Crippen molar-refractivity contribution < 1.29 is 9.32 Å². The van der Waals surface area contributed by atoms with Crippen molar-refractivity contribution in [1.29, 1.82) is 0 Å². The highest BCUT2D eigenvalue weighted by Gasteiger charge is 2.22. The van der Waals surface area contributed by atoms with Gasteiger partial charge >= 0.3 is 0 Å². The van der Waals surface area contributed by atoms with E-state index in [1.165, 1.54) is 0 Å². The number of rotatable bonds is 4. The van der Waals surface area contributed by atoms with Crippen molar-refractivity contribution in [2.75, 3.05) is 7.05 Å². The molecule has 0 fully saturated rings. The van der Waals surface area contributed by atoms with Crippen molar-refractivity contribution in [2.45, 2.75) is 40.3 Å². The third kappa shape index (κ3) is 2.89. The second kappa shape index (κ2) is 5.48. The zero-order valence-electron chi connectivity index (χ0n) is 12.5. The van der Waals surface area contributed by atoms with Gasteiger partial charge in [0.05, 0.1) is 12.2 Å². The van der Waals surface area contributed by atoms with Gasteiger partial charge in [-0.3, -0.25) is 9.48 Å². The lowest BCUT2D eigenvalue weighted by Crippen LogP contribution is -2.33. The van der Waals surface area contributed by atoms with E-state index in [0.717, 1.165) is 22.8 Å². The first-order valence-corrected chi connectivity index (χ1v) is 6.58. The lowest BCUT2D eigenvalue weighted by molar-refractivity contribution is -0.133. The summed E-state index contributed by atoms with van der Waals surface area (Å²) in [6.07, 6.45) is 0. The van der Waals surface area contributed by atoms with Gasteiger partial charge in [-0.15, -0.1) is 0 Å². The summed E-state index contributed by atoms with van der Waals surface area (Å²) in [7, 11) is 1.76. The molecule has 2 heterocycles. The van der Waals surface area contributed by atoms with Crippen LogP contribution in [0.4, 0.5) is 0 Å². The monoisotopic (exact) mass is 276 g/mol. The van der Waals surface area contributed by atoms with Gasteiger partial charge < -0.3 is 9.42 Å². The van der Waals surface area contributed by atoms with Crippen LogP contribution in [0.25, 0.3) is 0 Å². The molecule has 0 spiro atoms. The second-order valence-electron chi connectivity index (χ2n) is 5.17. The van der Waals surface area contributed by atoms with Gasteiger partial charge in [-0.1, -0.05) is 5.16 Å². The van der Waals surface area contributed by atoms with E-state index in [0.29, 0.717) is 6.54 Å². The van der Waals surface area contributed by atoms with Crippen LogP contribution in [-0.4, -0.2) is 32.8 Å². The van der Waals surface area contributed by atoms with Gasteiger partial charge in [0.1, 0.15) is 17.5 Å². The molecule has 0 aromatic carbocycles. The molecule has 2 aromatic heterocycles. The molecule has 0 bridgehead atoms. The van der Waals surface area contributed by atoms with Gasteiger partial charge in [0.25, 0.3) is 0 Å². The topological polar surface area (TPSA) is 64.2 Å². The highest BCUT2D eigenvalue weighted by molar-refractivity contribution is 5.79. The molecule has 0 N–H and O–H groups in total. The maximum absolute atomic E-state index is 12.4. The number of nitrogens with zero attached hydrogens (tertiary/aromatic N) is 4. The third-order valence-corrected chi connectivity index (χ3v) is 3.22. The minimum Gasteiger partial charge on any atom is -0.361 e. The predicted octanol–water partition coefficient (Wildman–Crippen LogP) is 2.02. The zero-order valence-corrected chi connectivity index (χ0v) is 12.5. The fourth-order valence-electron chi connectivity index (χ4n) is 2.28. The number of aryl methyl sites for hydroxylation is 3. The molecule has 2 rings (SSSR count). The van der Waals surface area contributed by atoms with E-state index < -0.39 is 0 Å². The molecular formula is C14H20N4O2. The van der Waals surface area contributed by atoms with Crippen LogP contribution in [0.5, 0.6) is 0 Å². The molecule has 20 heavy (non-hydrogen) atoms. The van der Waals surface area contributed by atoms with Gasteiger partial charge in [0.15, 0.2) is 0 Å². The summed E-state index contributed by atoms with van der Waals surface area (Å²) >= 11 is 0. The van der Waals surface area contributed by atoms with Crippen LogP contribution in [0, 0.1) is 20.8 Å². The molecule has 108 valence electrons. The Kier molecular flexibility index (Phi) is 3.92. The molecular weight excluding hydrogens is 256 g/mol. The van der Waals surface area contributed by atoms with E-state index in [4.69, 9.17) is 4.52 Å². The Morgan fingerprint density at radius 3 is 2.60 bits per heavy atom. The fraction of sp³-hybridized carbons (Fsp3) is 0.500. The second-order valence-corrected chi connectivity index (χ2v) is 5.17. The summed E-state index contributed by atoms with van der Waals surface area (Å²) in [5, 5.41) is 8.26. The molecule has 0 aliphatic carbocycles. The van der Waals surface area contributed by atoms with Crippen LogP contribution in [-0.2, 0) is 11.3 Å². The van der Waals surface area contributed by atoms with Gasteiger partial charge in [0.2, 0.25) is 5.91 Å². The number of likely N-dealkylation sites (N-methyl/N-ethyl adjacent to an activating group) is 1. The molecule has 1 unspecified atom stereocenters. The quantitative estimate of drug-likeness (QED) is 0.857. The Labute approximate surface area is 118 Å². The molecule has 0 saturated carbocycles. The number of amides is 1. The molecule has 1 atom stereocenters. The Morgan fingerprint density at radius 1 is 1.40 bits per heavy atom. The van der Waals surface area contributed by atoms with Gasteiger partial charge in [-0.2, -0.15) is 5.10 Å². The first-order chi connectivity index (χ1) is 9.38. The van der Waals surface area contributed by atoms with Crippen LogP contribution in [0.15, 0.2) is 16.7 Å². The standard InChI is InChI=1S/C14H20N4O2/c1-9-6-10(2)18(15-9)12(4)14(19)17(5)8-13-7-11(3)20-16-13/h6-7,12H,8H2,1-5H3. The minimum atomic E-state index is -0.332. The first kappa shape index (κ1) is 14.3. The predicted molar refractivity (Wildman–Crippen MR) is 74.1 cm³/mol. The number of hydrogen-bond acceptors (Lipinski definition) is 4. The summed E-state index contributed by atoms with van der Waals surface area (Å²) in [5.74, 6) is 0.740. The van der Waals surface area contributed by atoms with Crippen molar-refractivity contribution in [3.63, 3.8) is 0 Å². The molecule has 0 aliphatic rings. The van der Waals surface area contributed by atoms with Crippen molar-refractivity contribution in [3.05, 3.63) is 35.0 Å². The van der Waals surface area contributed by atoms with E-state index in [9.17, 15) is 4.79 Å². The molecule has 2 aromatic rings. The first-order valence-electron chi connectivity index (χ1n) is 6.58. The van der Waals surface area contributed by atoms with Gasteiger partial charge in [-0.25, -0.2) is 0 Å². The molecule has 0 radical (unpaired) electrons. The Morgan fingerprint density at radius 2 is 2.10 bits per heavy atom. The average molecular weight is 276 g/mol. The van der Waals surface area contributed by atoms with Crippen molar-refractivity contribution >= 4 is 5.91 Å². The summed E-state index contributed by atoms with van der Waals surface area (Å²) in [4.78, 5) is 14.1. The van der Waals surface area contributed by atoms with Crippen LogP contribution in [0.3, 0.4) is 0 Å². The van der Waals surface area contributed by atoms with Crippen LogP contribution in [0.2, 0.25) is 0 Å². The van der Waals surface area contributed by atoms with Crippen molar-refractivity contribution in [2.24, 2.45) is 0 Å². The lowest BCUT2D eigenvalue weighted by Gasteiger charge is -2.21. The maximum Gasteiger partial charge on any atom is 0.247 e. The Bertz CT molecular complexity index is 614. The van der Waals surface area contributed by atoms with E-state index in [-0.39, 0.29) is 11.9 Å². The summed E-state index contributed by atoms with van der Waals surface area (Å²) in [5.41, 5.74) is 2.64. The molecule has 0 aliphatic heterocycles. The summed E-state index contributed by atoms with van der Waals surface area (Å²) < 4.78 is 6.76. The van der Waals surface area contributed by atoms with Gasteiger partial charge in [0, 0.05) is 18.8 Å². The number of carbonyl (C=O) groups excluding carboxylic acids is 1. The molecule has 6 heteroatoms. The average Bonchev–Trinajstić information content (AvgIpc) is 2.93. The molecule has 1 amide bonds. The highest BCUT2D eigenvalue weighted by Crippen LogP contribution is 2.14. The smallest absolute Gasteiger partial charge is 0.247 e. The summed E-state index contributed by atoms with van der Waals surface area (Å²) in [6, 6.07) is 3.46. The van der Waals surface area contributed by atoms with Crippen molar-refractivity contribution in [1.82, 2.24) is 19.8 Å². The Hall–Kier alpha value is -2.11. The SMILES string of the molecule is Cc1cc(C)n(C(C)C(=O)N(C)Cc2cc(C)on2)n1. The number of carbonyl (C=O) groups is 1. The molecule has 0 saturated heterocycles. The minimum absolute atomic E-state index is 0.00291. The van der Waals surface area contributed by atoms with E-state index >= 15 is 0 Å². The van der Waals surface area contributed by atoms with E-state index in [1.54, 1.807) is 16.6 Å². The normalized spacial score (nSPS) is 12.4. The highest BCUT2D eigenvalue weighted by atomic mass is 16.5. The van der Waals surface area contributed by atoms with E-state index in [2.05, 4.69) is 10.3 Å². The lowest BCUT2D eigenvalue weighted by atomic mass is 10.2. The number of hydrogen-bond donors (Lipinski definition) is 0. The van der Waals surface area contributed by atoms with Gasteiger partial charge in [-0.05, 0) is 33.8 Å². The van der Waals surface area contributed by atoms with Crippen LogP contribution < -0.4 is 0 Å². The Balaban J connectivity index is 2.08. The van der Waals surface area contributed by atoms with Crippen LogP contribution in [0.1, 0.15) is 35.8 Å². The largest absolute Gasteiger partial charge is 0.361 e. The molecule has 6 nitrogen and oxygen atoms in total. The summed E-state index contributed by atoms with van der Waals surface area (Å²) in [6.45, 7) is 7.98. The van der Waals surface area contributed by atoms with Crippen molar-refractivity contribution in [3.8, 4) is 0 Å². The fourth-order valence-corrected chi connectivity index (χ4v) is 2.28. The maximum atomic E-state index is 12.4. The third-order valence-electron chi connectivity index (χ3n) is 3.22. The zero-order chi connectivity index (χ0) is 14.9. The number of aromatic nitrogens is 3. The van der Waals surface area contributed by atoms with E-state index in [1.807, 2.05) is 39.8 Å².